The molecule has 1 amide bonds. The Kier molecular flexibility index (Phi) is 5.20. The number of anilines is 1. The summed E-state index contributed by atoms with van der Waals surface area (Å²) in [6.45, 7) is 0. The molecule has 0 fully saturated rings. The summed E-state index contributed by atoms with van der Waals surface area (Å²) in [5, 5.41) is 7.34. The lowest BCUT2D eigenvalue weighted by atomic mass is 10.0. The van der Waals surface area contributed by atoms with Gasteiger partial charge in [0, 0.05) is 16.3 Å². The van der Waals surface area contributed by atoms with Crippen LogP contribution in [-0.2, 0) is 4.74 Å². The zero-order valence-corrected chi connectivity index (χ0v) is 18.1. The zero-order chi connectivity index (χ0) is 22.9. The van der Waals surface area contributed by atoms with Crippen molar-refractivity contribution in [3.63, 3.8) is 0 Å². The van der Waals surface area contributed by atoms with E-state index in [-0.39, 0.29) is 5.56 Å². The summed E-state index contributed by atoms with van der Waals surface area (Å²) in [6, 6.07) is 19.6. The third-order valence-electron chi connectivity index (χ3n) is 5.21. The molecule has 33 heavy (non-hydrogen) atoms. The summed E-state index contributed by atoms with van der Waals surface area (Å²) >= 11 is 1.23. The number of methoxy groups -OCH3 is 1. The molecule has 0 aliphatic heterocycles. The first-order valence-corrected chi connectivity index (χ1v) is 10.8. The van der Waals surface area contributed by atoms with Gasteiger partial charge in [-0.05, 0) is 35.0 Å². The Balaban J connectivity index is 1.43. The summed E-state index contributed by atoms with van der Waals surface area (Å²) in [7, 11) is 1.32. The molecular weight excluding hydrogens is 440 g/mol. The second kappa shape index (κ2) is 8.33. The first-order chi connectivity index (χ1) is 16.0. The zero-order valence-electron chi connectivity index (χ0n) is 17.3. The molecule has 0 saturated carbocycles. The average molecular weight is 456 g/mol. The van der Waals surface area contributed by atoms with E-state index >= 15 is 0 Å². The number of rotatable bonds is 4. The Morgan fingerprint density at radius 3 is 2.58 bits per heavy atom. The Labute approximate surface area is 191 Å². The van der Waals surface area contributed by atoms with Gasteiger partial charge in [0.05, 0.1) is 18.4 Å². The molecule has 1 N–H and O–H groups in total. The number of aromatic nitrogens is 1. The van der Waals surface area contributed by atoms with Crippen LogP contribution in [0.4, 0.5) is 5.13 Å². The Morgan fingerprint density at radius 1 is 1.00 bits per heavy atom. The van der Waals surface area contributed by atoms with Crippen LogP contribution >= 0.6 is 11.3 Å². The lowest BCUT2D eigenvalue weighted by Crippen LogP contribution is -2.20. The van der Waals surface area contributed by atoms with Crippen LogP contribution in [0.1, 0.15) is 20.7 Å². The van der Waals surface area contributed by atoms with E-state index in [1.165, 1.54) is 18.4 Å². The Bertz CT molecular complexity index is 1580. The third kappa shape index (κ3) is 3.88. The maximum absolute atomic E-state index is 12.9. The fourth-order valence-corrected chi connectivity index (χ4v) is 4.27. The largest absolute Gasteiger partial charge is 0.465 e. The van der Waals surface area contributed by atoms with Crippen LogP contribution in [0, 0.1) is 0 Å². The number of thiazole rings is 1. The van der Waals surface area contributed by atoms with Gasteiger partial charge in [-0.25, -0.2) is 14.6 Å². The number of carbonyl (C=O) groups excluding carboxylic acids is 2. The maximum atomic E-state index is 12.9. The van der Waals surface area contributed by atoms with Crippen molar-refractivity contribution < 1.29 is 18.7 Å². The first-order valence-electron chi connectivity index (χ1n) is 9.95. The van der Waals surface area contributed by atoms with Crippen molar-refractivity contribution in [3.8, 4) is 11.3 Å². The SMILES string of the molecule is COC(=O)c1ccc(-c2csc(NC(=O)c3cc4c(ccc5ccccc54)oc3=O)n2)cc1. The molecule has 162 valence electrons. The van der Waals surface area contributed by atoms with Crippen LogP contribution in [0.3, 0.4) is 0 Å². The molecule has 7 nitrogen and oxygen atoms in total. The number of benzene rings is 3. The fraction of sp³-hybridized carbons (Fsp3) is 0.0400. The Hall–Kier alpha value is -4.30. The summed E-state index contributed by atoms with van der Waals surface area (Å²) in [6.07, 6.45) is 0. The molecule has 0 bridgehead atoms. The van der Waals surface area contributed by atoms with E-state index in [2.05, 4.69) is 10.3 Å². The molecule has 0 spiro atoms. The van der Waals surface area contributed by atoms with Crippen LogP contribution in [0.2, 0.25) is 0 Å². The topological polar surface area (TPSA) is 98.5 Å². The summed E-state index contributed by atoms with van der Waals surface area (Å²) in [4.78, 5) is 41.3. The monoisotopic (exact) mass is 456 g/mol. The highest BCUT2D eigenvalue weighted by Gasteiger charge is 2.17. The van der Waals surface area contributed by atoms with Crippen molar-refractivity contribution in [1.82, 2.24) is 4.98 Å². The number of hydrogen-bond donors (Lipinski definition) is 1. The molecule has 2 heterocycles. The highest BCUT2D eigenvalue weighted by molar-refractivity contribution is 7.14. The van der Waals surface area contributed by atoms with Crippen molar-refractivity contribution in [1.29, 1.82) is 0 Å². The van der Waals surface area contributed by atoms with E-state index < -0.39 is 17.5 Å². The minimum absolute atomic E-state index is 0.0990. The molecular formula is C25H16N2O5S. The number of esters is 1. The number of amides is 1. The minimum atomic E-state index is -0.717. The third-order valence-corrected chi connectivity index (χ3v) is 5.97. The lowest BCUT2D eigenvalue weighted by Gasteiger charge is -2.05. The average Bonchev–Trinajstić information content (AvgIpc) is 3.31. The van der Waals surface area contributed by atoms with Gasteiger partial charge in [-0.1, -0.05) is 42.5 Å². The van der Waals surface area contributed by atoms with Gasteiger partial charge >= 0.3 is 11.6 Å². The van der Waals surface area contributed by atoms with Crippen molar-refractivity contribution in [2.45, 2.75) is 0 Å². The fourth-order valence-electron chi connectivity index (χ4n) is 3.55. The van der Waals surface area contributed by atoms with Crippen LogP contribution in [-0.4, -0.2) is 24.0 Å². The van der Waals surface area contributed by atoms with Crippen LogP contribution in [0.15, 0.2) is 81.3 Å². The summed E-state index contributed by atoms with van der Waals surface area (Å²) < 4.78 is 10.1. The van der Waals surface area contributed by atoms with Crippen molar-refractivity contribution in [3.05, 3.63) is 93.7 Å². The highest BCUT2D eigenvalue weighted by atomic mass is 32.1. The molecule has 5 rings (SSSR count). The predicted molar refractivity (Wildman–Crippen MR) is 127 cm³/mol. The van der Waals surface area contributed by atoms with E-state index in [0.717, 1.165) is 16.3 Å². The maximum Gasteiger partial charge on any atom is 0.349 e. The number of nitrogens with zero attached hydrogens (tertiary/aromatic N) is 1. The molecule has 0 unspecified atom stereocenters. The van der Waals surface area contributed by atoms with E-state index in [0.29, 0.717) is 27.4 Å². The molecule has 0 aliphatic carbocycles. The molecule has 2 aromatic heterocycles. The molecule has 5 aromatic rings. The lowest BCUT2D eigenvalue weighted by molar-refractivity contribution is 0.0600. The summed E-state index contributed by atoms with van der Waals surface area (Å²) in [5.41, 5.74) is 1.44. The molecule has 0 atom stereocenters. The molecule has 0 radical (unpaired) electrons. The second-order valence-electron chi connectivity index (χ2n) is 7.21. The van der Waals surface area contributed by atoms with Crippen LogP contribution in [0.25, 0.3) is 33.0 Å². The number of hydrogen-bond acceptors (Lipinski definition) is 7. The van der Waals surface area contributed by atoms with Crippen molar-refractivity contribution >= 4 is 50.1 Å². The van der Waals surface area contributed by atoms with Crippen molar-refractivity contribution in [2.24, 2.45) is 0 Å². The molecule has 0 aliphatic rings. The second-order valence-corrected chi connectivity index (χ2v) is 8.07. The van der Waals surface area contributed by atoms with Gasteiger partial charge in [-0.15, -0.1) is 11.3 Å². The van der Waals surface area contributed by atoms with Gasteiger partial charge in [0.1, 0.15) is 11.1 Å². The van der Waals surface area contributed by atoms with Gasteiger partial charge in [0.15, 0.2) is 5.13 Å². The normalized spacial score (nSPS) is 10.9. The van der Waals surface area contributed by atoms with E-state index in [1.807, 2.05) is 30.3 Å². The van der Waals surface area contributed by atoms with E-state index in [9.17, 15) is 14.4 Å². The number of fused-ring (bicyclic) bond motifs is 3. The quantitative estimate of drug-likeness (QED) is 0.229. The van der Waals surface area contributed by atoms with Gasteiger partial charge in [0.25, 0.3) is 5.91 Å². The van der Waals surface area contributed by atoms with E-state index in [1.54, 1.807) is 41.8 Å². The number of ether oxygens (including phenoxy) is 1. The minimum Gasteiger partial charge on any atom is -0.465 e. The Morgan fingerprint density at radius 2 is 1.79 bits per heavy atom. The smallest absolute Gasteiger partial charge is 0.349 e. The molecule has 0 saturated heterocycles. The highest BCUT2D eigenvalue weighted by Crippen LogP contribution is 2.27. The van der Waals surface area contributed by atoms with Gasteiger partial charge in [-0.2, -0.15) is 0 Å². The van der Waals surface area contributed by atoms with Crippen molar-refractivity contribution in [2.75, 3.05) is 12.4 Å². The molecule has 3 aromatic carbocycles. The van der Waals surface area contributed by atoms with Gasteiger partial charge in [-0.3, -0.25) is 10.1 Å². The first kappa shape index (κ1) is 20.6. The predicted octanol–water partition coefficient (Wildman–Crippen LogP) is 5.11. The summed E-state index contributed by atoms with van der Waals surface area (Å²) in [5.74, 6) is -1.02. The standard InChI is InChI=1S/C25H16N2O5S/c1-31-23(29)16-8-6-15(7-9-16)20-13-33-25(26-20)27-22(28)19-12-18-17-5-3-2-4-14(17)10-11-21(18)32-24(19)30/h2-13H,1H3,(H,26,27,28). The van der Waals surface area contributed by atoms with Crippen LogP contribution in [0.5, 0.6) is 0 Å². The van der Waals surface area contributed by atoms with Gasteiger partial charge in [0.2, 0.25) is 0 Å². The molecule has 8 heteroatoms. The number of carbonyl (C=O) groups is 2. The van der Waals surface area contributed by atoms with Crippen LogP contribution < -0.4 is 10.9 Å². The number of nitrogens with one attached hydrogen (secondary N) is 1. The van der Waals surface area contributed by atoms with Gasteiger partial charge < -0.3 is 9.15 Å². The van der Waals surface area contributed by atoms with E-state index in [4.69, 9.17) is 9.15 Å².